The number of carboxylic acids is 1. The SMILES string of the molecule is C=c1[nH]n(-c2cccc(C(=O)O)c2)c(=O)/c1=C\c1ccc(N(C)C)cc1. The van der Waals surface area contributed by atoms with Gasteiger partial charge in [-0.2, -0.15) is 0 Å². The predicted octanol–water partition coefficient (Wildman–Crippen LogP) is 1.17. The molecule has 0 spiro atoms. The van der Waals surface area contributed by atoms with E-state index in [1.54, 1.807) is 18.2 Å². The monoisotopic (exact) mass is 349 g/mol. The van der Waals surface area contributed by atoms with Crippen LogP contribution in [0.15, 0.2) is 53.3 Å². The highest BCUT2D eigenvalue weighted by Gasteiger charge is 2.08. The summed E-state index contributed by atoms with van der Waals surface area (Å²) in [6.07, 6.45) is 1.76. The summed E-state index contributed by atoms with van der Waals surface area (Å²) >= 11 is 0. The van der Waals surface area contributed by atoms with E-state index in [0.717, 1.165) is 11.3 Å². The van der Waals surface area contributed by atoms with Crippen LogP contribution < -0.4 is 21.0 Å². The molecule has 1 aromatic heterocycles. The number of carbonyl (C=O) groups is 1. The van der Waals surface area contributed by atoms with Crippen molar-refractivity contribution in [1.82, 2.24) is 9.78 Å². The van der Waals surface area contributed by atoms with Crippen molar-refractivity contribution in [1.29, 1.82) is 0 Å². The molecule has 0 saturated carbocycles. The van der Waals surface area contributed by atoms with Gasteiger partial charge in [0.2, 0.25) is 0 Å². The molecule has 6 heteroatoms. The molecule has 6 nitrogen and oxygen atoms in total. The number of aromatic amines is 1. The number of aromatic nitrogens is 2. The number of anilines is 1. The van der Waals surface area contributed by atoms with Crippen LogP contribution in [0, 0.1) is 0 Å². The van der Waals surface area contributed by atoms with Crippen LogP contribution in [-0.2, 0) is 0 Å². The van der Waals surface area contributed by atoms with Crippen molar-refractivity contribution in [3.8, 4) is 5.69 Å². The fourth-order valence-electron chi connectivity index (χ4n) is 2.64. The summed E-state index contributed by atoms with van der Waals surface area (Å²) in [5.41, 5.74) is 2.22. The molecule has 132 valence electrons. The number of hydrogen-bond donors (Lipinski definition) is 2. The van der Waals surface area contributed by atoms with E-state index in [9.17, 15) is 9.59 Å². The van der Waals surface area contributed by atoms with Crippen LogP contribution in [0.4, 0.5) is 5.69 Å². The molecule has 26 heavy (non-hydrogen) atoms. The van der Waals surface area contributed by atoms with Gasteiger partial charge in [-0.25, -0.2) is 9.48 Å². The lowest BCUT2D eigenvalue weighted by Crippen LogP contribution is -2.34. The summed E-state index contributed by atoms with van der Waals surface area (Å²) in [5.74, 6) is -1.05. The quantitative estimate of drug-likeness (QED) is 0.741. The molecule has 0 aliphatic heterocycles. The van der Waals surface area contributed by atoms with Crippen molar-refractivity contribution in [3.05, 3.63) is 80.6 Å². The van der Waals surface area contributed by atoms with Gasteiger partial charge in [-0.3, -0.25) is 9.89 Å². The van der Waals surface area contributed by atoms with E-state index < -0.39 is 5.97 Å². The number of carboxylic acid groups (broad SMARTS) is 1. The third kappa shape index (κ3) is 3.30. The number of H-pyrrole nitrogens is 1. The van der Waals surface area contributed by atoms with Gasteiger partial charge in [0.05, 0.1) is 21.8 Å². The summed E-state index contributed by atoms with van der Waals surface area (Å²) in [7, 11) is 3.92. The van der Waals surface area contributed by atoms with Gasteiger partial charge in [0.1, 0.15) is 0 Å². The van der Waals surface area contributed by atoms with E-state index in [-0.39, 0.29) is 11.1 Å². The summed E-state index contributed by atoms with van der Waals surface area (Å²) < 4.78 is 1.30. The van der Waals surface area contributed by atoms with Crippen molar-refractivity contribution in [2.24, 2.45) is 0 Å². The molecular formula is C20H19N3O3. The van der Waals surface area contributed by atoms with Crippen molar-refractivity contribution < 1.29 is 9.90 Å². The predicted molar refractivity (Wildman–Crippen MR) is 102 cm³/mol. The molecule has 0 fully saturated rings. The molecule has 3 rings (SSSR count). The number of rotatable bonds is 4. The molecule has 0 unspecified atom stereocenters. The van der Waals surface area contributed by atoms with E-state index in [1.807, 2.05) is 43.3 Å². The van der Waals surface area contributed by atoms with Crippen molar-refractivity contribution in [3.63, 3.8) is 0 Å². The van der Waals surface area contributed by atoms with Crippen LogP contribution in [0.2, 0.25) is 0 Å². The minimum absolute atomic E-state index is 0.111. The Morgan fingerprint density at radius 1 is 1.19 bits per heavy atom. The molecular weight excluding hydrogens is 330 g/mol. The third-order valence-electron chi connectivity index (χ3n) is 4.08. The van der Waals surface area contributed by atoms with Crippen LogP contribution in [0.1, 0.15) is 15.9 Å². The normalized spacial score (nSPS) is 11.5. The van der Waals surface area contributed by atoms with Crippen LogP contribution in [-0.4, -0.2) is 35.0 Å². The maximum absolute atomic E-state index is 12.8. The maximum Gasteiger partial charge on any atom is 0.335 e. The Kier molecular flexibility index (Phi) is 4.49. The molecule has 3 aromatic rings. The van der Waals surface area contributed by atoms with Crippen molar-refractivity contribution in [2.75, 3.05) is 19.0 Å². The minimum Gasteiger partial charge on any atom is -0.478 e. The zero-order valence-corrected chi connectivity index (χ0v) is 14.6. The van der Waals surface area contributed by atoms with E-state index in [0.29, 0.717) is 16.3 Å². The number of aromatic carboxylic acids is 1. The van der Waals surface area contributed by atoms with Gasteiger partial charge >= 0.3 is 5.97 Å². The van der Waals surface area contributed by atoms with Gasteiger partial charge in [0.25, 0.3) is 5.56 Å². The van der Waals surface area contributed by atoms with Gasteiger partial charge in [-0.15, -0.1) is 0 Å². The lowest BCUT2D eigenvalue weighted by molar-refractivity contribution is 0.0697. The Hall–Kier alpha value is -3.54. The fraction of sp³-hybridized carbons (Fsp3) is 0.100. The Morgan fingerprint density at radius 2 is 1.88 bits per heavy atom. The average molecular weight is 349 g/mol. The van der Waals surface area contributed by atoms with Gasteiger partial charge in [0, 0.05) is 19.8 Å². The van der Waals surface area contributed by atoms with E-state index in [2.05, 4.69) is 11.7 Å². The number of nitrogens with one attached hydrogen (secondary N) is 1. The fourth-order valence-corrected chi connectivity index (χ4v) is 2.64. The van der Waals surface area contributed by atoms with Crippen LogP contribution in [0.25, 0.3) is 18.3 Å². The molecule has 0 radical (unpaired) electrons. The first-order chi connectivity index (χ1) is 12.4. The summed E-state index contributed by atoms with van der Waals surface area (Å²) in [6, 6.07) is 14.0. The highest BCUT2D eigenvalue weighted by molar-refractivity contribution is 5.88. The Bertz CT molecular complexity index is 1120. The zero-order chi connectivity index (χ0) is 18.8. The molecule has 2 N–H and O–H groups in total. The molecule has 1 heterocycles. The van der Waals surface area contributed by atoms with Gasteiger partial charge in [0.15, 0.2) is 0 Å². The molecule has 0 saturated heterocycles. The highest BCUT2D eigenvalue weighted by atomic mass is 16.4. The maximum atomic E-state index is 12.8. The third-order valence-corrected chi connectivity index (χ3v) is 4.08. The number of nitrogens with zero attached hydrogens (tertiary/aromatic N) is 2. The second-order valence-electron chi connectivity index (χ2n) is 6.13. The molecule has 0 atom stereocenters. The average Bonchev–Trinajstić information content (AvgIpc) is 2.90. The molecule has 2 aromatic carbocycles. The second kappa shape index (κ2) is 6.76. The molecule has 0 bridgehead atoms. The van der Waals surface area contributed by atoms with Crippen LogP contribution in [0.3, 0.4) is 0 Å². The standard InChI is InChI=1S/C20H19N3O3/c1-13-18(11-14-7-9-16(10-8-14)22(2)3)19(24)23(21-13)17-6-4-5-15(12-17)20(25)26/h4-12,21H,1H2,2-3H3,(H,25,26)/b18-11-. The zero-order valence-electron chi connectivity index (χ0n) is 14.6. The van der Waals surface area contributed by atoms with Crippen molar-refractivity contribution >= 4 is 24.3 Å². The summed E-state index contributed by atoms with van der Waals surface area (Å²) in [5, 5.41) is 12.9. The van der Waals surface area contributed by atoms with Crippen LogP contribution in [0.5, 0.6) is 0 Å². The summed E-state index contributed by atoms with van der Waals surface area (Å²) in [6.45, 7) is 3.89. The van der Waals surface area contributed by atoms with E-state index >= 15 is 0 Å². The first kappa shape index (κ1) is 17.3. The smallest absolute Gasteiger partial charge is 0.335 e. The molecule has 0 amide bonds. The first-order valence-corrected chi connectivity index (χ1v) is 7.99. The molecule has 0 aliphatic carbocycles. The summed E-state index contributed by atoms with van der Waals surface area (Å²) in [4.78, 5) is 25.9. The largest absolute Gasteiger partial charge is 0.478 e. The van der Waals surface area contributed by atoms with E-state index in [1.165, 1.54) is 16.8 Å². The Balaban J connectivity index is 2.09. The Morgan fingerprint density at radius 3 is 2.50 bits per heavy atom. The lowest BCUT2D eigenvalue weighted by Gasteiger charge is -2.11. The number of hydrogen-bond acceptors (Lipinski definition) is 3. The highest BCUT2D eigenvalue weighted by Crippen LogP contribution is 2.12. The first-order valence-electron chi connectivity index (χ1n) is 7.99. The van der Waals surface area contributed by atoms with Crippen molar-refractivity contribution in [2.45, 2.75) is 0 Å². The van der Waals surface area contributed by atoms with Gasteiger partial charge < -0.3 is 10.0 Å². The van der Waals surface area contributed by atoms with Gasteiger partial charge in [-0.05, 0) is 42.0 Å². The molecule has 0 aliphatic rings. The lowest BCUT2D eigenvalue weighted by atomic mass is 10.1. The van der Waals surface area contributed by atoms with Crippen LogP contribution >= 0.6 is 0 Å². The minimum atomic E-state index is -1.05. The number of benzene rings is 2. The topological polar surface area (TPSA) is 78.3 Å². The van der Waals surface area contributed by atoms with E-state index in [4.69, 9.17) is 5.11 Å². The van der Waals surface area contributed by atoms with Gasteiger partial charge in [-0.1, -0.05) is 24.8 Å². The Labute approximate surface area is 149 Å². The second-order valence-corrected chi connectivity index (χ2v) is 6.13.